The van der Waals surface area contributed by atoms with E-state index >= 15 is 0 Å². The Balaban J connectivity index is 1.50. The number of rotatable bonds is 4. The smallest absolute Gasteiger partial charge is 0.225 e. The minimum Gasteiger partial charge on any atom is -0.389 e. The number of benzene rings is 1. The highest BCUT2D eigenvalue weighted by atomic mass is 35.5. The minimum absolute atomic E-state index is 0.0445. The molecule has 2 aromatic rings. The highest BCUT2D eigenvalue weighted by Gasteiger charge is 2.43. The molecule has 1 aromatic carbocycles. The van der Waals surface area contributed by atoms with Crippen molar-refractivity contribution in [2.75, 3.05) is 13.1 Å². The molecule has 4 nitrogen and oxygen atoms in total. The molecule has 2 fully saturated rings. The Hall–Kier alpha value is -1.78. The van der Waals surface area contributed by atoms with E-state index in [4.69, 9.17) is 11.6 Å². The molecule has 0 unspecified atom stereocenters. The number of likely N-dealkylation sites (tertiary alicyclic amines) is 1. The number of halogens is 1. The lowest BCUT2D eigenvalue weighted by molar-refractivity contribution is -0.143. The van der Waals surface area contributed by atoms with E-state index in [1.807, 2.05) is 53.7 Å². The van der Waals surface area contributed by atoms with Crippen molar-refractivity contribution in [2.24, 2.45) is 5.92 Å². The van der Waals surface area contributed by atoms with Crippen LogP contribution in [0.2, 0.25) is 5.02 Å². The first-order chi connectivity index (χ1) is 13.0. The molecule has 0 radical (unpaired) electrons. The van der Waals surface area contributed by atoms with Gasteiger partial charge < -0.3 is 14.6 Å². The van der Waals surface area contributed by atoms with Crippen LogP contribution in [-0.2, 0) is 4.79 Å². The summed E-state index contributed by atoms with van der Waals surface area (Å²) in [4.78, 5) is 15.1. The zero-order chi connectivity index (χ0) is 18.9. The summed E-state index contributed by atoms with van der Waals surface area (Å²) < 4.78 is 2.09. The first-order valence-electron chi connectivity index (χ1n) is 9.93. The second-order valence-corrected chi connectivity index (χ2v) is 8.47. The van der Waals surface area contributed by atoms with Gasteiger partial charge in [-0.2, -0.15) is 0 Å². The van der Waals surface area contributed by atoms with Crippen LogP contribution in [0, 0.1) is 5.92 Å². The van der Waals surface area contributed by atoms with Crippen molar-refractivity contribution in [2.45, 2.75) is 50.2 Å². The average molecular weight is 387 g/mol. The molecular weight excluding hydrogens is 360 g/mol. The first-order valence-corrected chi connectivity index (χ1v) is 10.3. The number of carbonyl (C=O) groups excluding carboxylic acids is 1. The zero-order valence-electron chi connectivity index (χ0n) is 15.6. The van der Waals surface area contributed by atoms with Gasteiger partial charge >= 0.3 is 0 Å². The van der Waals surface area contributed by atoms with Gasteiger partial charge in [0.2, 0.25) is 5.91 Å². The van der Waals surface area contributed by atoms with Crippen LogP contribution in [0.1, 0.15) is 50.1 Å². The fraction of sp³-hybridized carbons (Fsp3) is 0.500. The molecule has 0 bridgehead atoms. The van der Waals surface area contributed by atoms with Crippen molar-refractivity contribution in [3.8, 4) is 0 Å². The van der Waals surface area contributed by atoms with Crippen LogP contribution in [-0.4, -0.2) is 39.2 Å². The molecule has 1 aromatic heterocycles. The van der Waals surface area contributed by atoms with Crippen LogP contribution in [0.5, 0.6) is 0 Å². The Morgan fingerprint density at radius 2 is 1.93 bits per heavy atom. The summed E-state index contributed by atoms with van der Waals surface area (Å²) in [7, 11) is 0. The molecule has 5 heteroatoms. The molecular formula is C22H27ClN2O2. The van der Waals surface area contributed by atoms with Crippen molar-refractivity contribution in [1.29, 1.82) is 0 Å². The molecule has 144 valence electrons. The van der Waals surface area contributed by atoms with Crippen LogP contribution < -0.4 is 0 Å². The van der Waals surface area contributed by atoms with Crippen molar-refractivity contribution in [3.05, 3.63) is 59.4 Å². The molecule has 0 spiro atoms. The van der Waals surface area contributed by atoms with Crippen LogP contribution in [0.15, 0.2) is 48.8 Å². The number of aliphatic hydroxyl groups is 1. The van der Waals surface area contributed by atoms with Crippen LogP contribution in [0.4, 0.5) is 0 Å². The standard InChI is InChI=1S/C22H27ClN2O2/c23-19-8-6-17(7-9-19)20(24-12-3-4-13-24)15-21(26)25-14-11-22(27)10-2-1-5-18(22)16-25/h3-4,6-9,12-13,18,20,27H,1-2,5,10-11,14-16H2/t18-,20+,22+/m0/s1. The summed E-state index contributed by atoms with van der Waals surface area (Å²) in [5, 5.41) is 11.6. The van der Waals surface area contributed by atoms with E-state index in [2.05, 4.69) is 4.57 Å². The molecule has 1 saturated heterocycles. The Kier molecular flexibility index (Phi) is 5.29. The van der Waals surface area contributed by atoms with Gasteiger partial charge in [-0.25, -0.2) is 0 Å². The summed E-state index contributed by atoms with van der Waals surface area (Å²) in [6.07, 6.45) is 9.30. The van der Waals surface area contributed by atoms with Crippen LogP contribution >= 0.6 is 11.6 Å². The van der Waals surface area contributed by atoms with Gasteiger partial charge in [0, 0.05) is 36.4 Å². The Labute approximate surface area is 165 Å². The Morgan fingerprint density at radius 3 is 2.67 bits per heavy atom. The second-order valence-electron chi connectivity index (χ2n) is 8.04. The van der Waals surface area contributed by atoms with E-state index in [0.717, 1.165) is 31.2 Å². The number of hydrogen-bond donors (Lipinski definition) is 1. The number of hydrogen-bond acceptors (Lipinski definition) is 2. The third-order valence-corrected chi connectivity index (χ3v) is 6.64. The van der Waals surface area contributed by atoms with E-state index in [1.165, 1.54) is 0 Å². The van der Waals surface area contributed by atoms with Gasteiger partial charge in [-0.3, -0.25) is 4.79 Å². The Morgan fingerprint density at radius 1 is 1.19 bits per heavy atom. The number of fused-ring (bicyclic) bond motifs is 1. The van der Waals surface area contributed by atoms with Gasteiger partial charge in [-0.15, -0.1) is 0 Å². The number of carbonyl (C=O) groups is 1. The summed E-state index contributed by atoms with van der Waals surface area (Å²) in [5.74, 6) is 0.390. The van der Waals surface area contributed by atoms with Gasteiger partial charge in [-0.1, -0.05) is 36.6 Å². The lowest BCUT2D eigenvalue weighted by atomic mass is 9.71. The van der Waals surface area contributed by atoms with Gasteiger partial charge in [0.15, 0.2) is 0 Å². The lowest BCUT2D eigenvalue weighted by Crippen LogP contribution is -2.54. The third kappa shape index (κ3) is 3.92. The van der Waals surface area contributed by atoms with Crippen LogP contribution in [0.3, 0.4) is 0 Å². The molecule has 27 heavy (non-hydrogen) atoms. The molecule has 1 amide bonds. The maximum Gasteiger partial charge on any atom is 0.225 e. The SMILES string of the molecule is O=C(C[C@H](c1ccc(Cl)cc1)n1cccc1)N1CC[C@]2(O)CCCC[C@H]2C1. The van der Waals surface area contributed by atoms with Gasteiger partial charge in [0.05, 0.1) is 18.1 Å². The fourth-order valence-electron chi connectivity index (χ4n) is 4.73. The summed E-state index contributed by atoms with van der Waals surface area (Å²) >= 11 is 6.04. The third-order valence-electron chi connectivity index (χ3n) is 6.39. The number of nitrogens with zero attached hydrogens (tertiary/aromatic N) is 2. The topological polar surface area (TPSA) is 45.5 Å². The zero-order valence-corrected chi connectivity index (χ0v) is 16.3. The predicted molar refractivity (Wildman–Crippen MR) is 107 cm³/mol. The number of amides is 1. The maximum absolute atomic E-state index is 13.1. The number of aromatic nitrogens is 1. The highest BCUT2D eigenvalue weighted by molar-refractivity contribution is 6.30. The van der Waals surface area contributed by atoms with Crippen molar-refractivity contribution in [1.82, 2.24) is 9.47 Å². The molecule has 1 aliphatic heterocycles. The van der Waals surface area contributed by atoms with E-state index in [9.17, 15) is 9.90 Å². The van der Waals surface area contributed by atoms with Crippen molar-refractivity contribution < 1.29 is 9.90 Å². The summed E-state index contributed by atoms with van der Waals surface area (Å²) in [5.41, 5.74) is 0.528. The average Bonchev–Trinajstić information content (AvgIpc) is 3.20. The molecule has 1 aliphatic carbocycles. The lowest BCUT2D eigenvalue weighted by Gasteiger charge is -2.47. The minimum atomic E-state index is -0.551. The van der Waals surface area contributed by atoms with E-state index in [-0.39, 0.29) is 17.9 Å². The van der Waals surface area contributed by atoms with Crippen LogP contribution in [0.25, 0.3) is 0 Å². The molecule has 1 saturated carbocycles. The molecule has 1 N–H and O–H groups in total. The largest absolute Gasteiger partial charge is 0.389 e. The van der Waals surface area contributed by atoms with Gasteiger partial charge in [-0.05, 0) is 49.1 Å². The normalized spacial score (nSPS) is 26.4. The Bertz CT molecular complexity index is 774. The second kappa shape index (κ2) is 7.69. The van der Waals surface area contributed by atoms with Gasteiger partial charge in [0.1, 0.15) is 0 Å². The number of piperidine rings is 1. The van der Waals surface area contributed by atoms with Gasteiger partial charge in [0.25, 0.3) is 0 Å². The van der Waals surface area contributed by atoms with Crippen molar-refractivity contribution in [3.63, 3.8) is 0 Å². The van der Waals surface area contributed by atoms with E-state index < -0.39 is 5.60 Å². The molecule has 4 rings (SSSR count). The molecule has 3 atom stereocenters. The monoisotopic (exact) mass is 386 g/mol. The first kappa shape index (κ1) is 18.6. The fourth-order valence-corrected chi connectivity index (χ4v) is 4.85. The van der Waals surface area contributed by atoms with E-state index in [0.29, 0.717) is 31.0 Å². The summed E-state index contributed by atoms with van der Waals surface area (Å²) in [6, 6.07) is 11.7. The highest BCUT2D eigenvalue weighted by Crippen LogP contribution is 2.40. The summed E-state index contributed by atoms with van der Waals surface area (Å²) in [6.45, 7) is 1.35. The van der Waals surface area contributed by atoms with Crippen molar-refractivity contribution >= 4 is 17.5 Å². The predicted octanol–water partition coefficient (Wildman–Crippen LogP) is 4.27. The molecule has 2 aliphatic rings. The quantitative estimate of drug-likeness (QED) is 0.852. The maximum atomic E-state index is 13.1. The molecule has 2 heterocycles. The van der Waals surface area contributed by atoms with E-state index in [1.54, 1.807) is 0 Å².